The van der Waals surface area contributed by atoms with Gasteiger partial charge in [0.25, 0.3) is 0 Å². The Morgan fingerprint density at radius 1 is 1.07 bits per heavy atom. The zero-order valence-electron chi connectivity index (χ0n) is 26.9. The second-order valence-electron chi connectivity index (χ2n) is 11.5. The van der Waals surface area contributed by atoms with Crippen LogP contribution >= 0.6 is 11.8 Å². The van der Waals surface area contributed by atoms with Crippen molar-refractivity contribution in [2.24, 2.45) is 5.92 Å². The van der Waals surface area contributed by atoms with E-state index in [0.29, 0.717) is 35.7 Å². The SMILES string of the molecule is COCOc1cc(OCCCSC)cc2c1C(=O)O[C@@H](C)[C@H](C)C=CC(OC(=O)c1ccccc1)C1OC(C)(C)O[C@H]1CC=C2. The highest BCUT2D eigenvalue weighted by atomic mass is 32.2. The van der Waals surface area contributed by atoms with Gasteiger partial charge in [0.2, 0.25) is 0 Å². The van der Waals surface area contributed by atoms with Crippen molar-refractivity contribution in [3.8, 4) is 11.5 Å². The highest BCUT2D eigenvalue weighted by Gasteiger charge is 2.45. The van der Waals surface area contributed by atoms with Crippen LogP contribution in [-0.2, 0) is 23.7 Å². The van der Waals surface area contributed by atoms with Gasteiger partial charge in [-0.1, -0.05) is 43.4 Å². The fourth-order valence-corrected chi connectivity index (χ4v) is 5.49. The molecule has 2 heterocycles. The van der Waals surface area contributed by atoms with E-state index in [0.717, 1.165) is 12.2 Å². The minimum Gasteiger partial charge on any atom is -0.493 e. The summed E-state index contributed by atoms with van der Waals surface area (Å²) in [7, 11) is 1.52. The van der Waals surface area contributed by atoms with E-state index >= 15 is 0 Å². The Labute approximate surface area is 270 Å². The predicted octanol–water partition coefficient (Wildman–Crippen LogP) is 6.70. The van der Waals surface area contributed by atoms with Crippen LogP contribution in [0, 0.1) is 5.92 Å². The smallest absolute Gasteiger partial charge is 0.342 e. The zero-order chi connectivity index (χ0) is 32.4. The molecule has 2 unspecified atom stereocenters. The van der Waals surface area contributed by atoms with Crippen LogP contribution in [0.25, 0.3) is 6.08 Å². The molecule has 9 nitrogen and oxygen atoms in total. The van der Waals surface area contributed by atoms with Gasteiger partial charge >= 0.3 is 11.9 Å². The highest BCUT2D eigenvalue weighted by Crippen LogP contribution is 2.36. The first-order valence-corrected chi connectivity index (χ1v) is 16.6. The summed E-state index contributed by atoms with van der Waals surface area (Å²) in [6, 6.07) is 12.3. The number of thioether (sulfide) groups is 1. The van der Waals surface area contributed by atoms with Crippen molar-refractivity contribution in [3.05, 3.63) is 77.4 Å². The molecular weight excluding hydrogens is 596 g/mol. The molecule has 2 aromatic carbocycles. The molecule has 5 atom stereocenters. The molecule has 2 aromatic rings. The lowest BCUT2D eigenvalue weighted by molar-refractivity contribution is -0.152. The molecular formula is C35H44O9S. The molecule has 0 radical (unpaired) electrons. The van der Waals surface area contributed by atoms with Gasteiger partial charge in [-0.2, -0.15) is 11.8 Å². The van der Waals surface area contributed by atoms with Crippen LogP contribution in [0.2, 0.25) is 0 Å². The van der Waals surface area contributed by atoms with Gasteiger partial charge in [0.15, 0.2) is 12.6 Å². The topological polar surface area (TPSA) is 98.8 Å². The molecule has 0 bridgehead atoms. The molecule has 0 saturated carbocycles. The first-order chi connectivity index (χ1) is 21.6. The molecule has 2 aliphatic heterocycles. The van der Waals surface area contributed by atoms with Crippen molar-refractivity contribution in [2.75, 3.05) is 32.5 Å². The lowest BCUT2D eigenvalue weighted by atomic mass is 9.98. The van der Waals surface area contributed by atoms with E-state index in [1.165, 1.54) is 7.11 Å². The normalized spacial score (nSPS) is 24.6. The molecule has 10 heteroatoms. The summed E-state index contributed by atoms with van der Waals surface area (Å²) < 4.78 is 41.7. The second kappa shape index (κ2) is 16.3. The van der Waals surface area contributed by atoms with Crippen molar-refractivity contribution >= 4 is 29.8 Å². The molecule has 0 spiro atoms. The Bertz CT molecular complexity index is 1340. The molecule has 0 aromatic heterocycles. The Hall–Kier alpha value is -3.31. The Balaban J connectivity index is 1.72. The van der Waals surface area contributed by atoms with Gasteiger partial charge in [-0.3, -0.25) is 0 Å². The standard InChI is InChI=1S/C35H44O9S/c1-23-16-17-28(42-33(36)25-12-8-7-9-13-25)32-29(43-35(3,4)44-32)15-10-14-26-20-27(39-18-11-19-45-6)21-30(40-22-38-5)31(26)34(37)41-24(23)2/h7-10,12-14,16-17,20-21,23-24,28-29,32H,11,15,18-19,22H2,1-6H3/t23-,24+,28?,29+,32?/m1/s1. The largest absolute Gasteiger partial charge is 0.493 e. The minimum absolute atomic E-state index is 0.0544. The molecule has 1 saturated heterocycles. The van der Waals surface area contributed by atoms with Gasteiger partial charge in [-0.25, -0.2) is 9.59 Å². The van der Waals surface area contributed by atoms with E-state index in [4.69, 9.17) is 33.2 Å². The molecule has 0 amide bonds. The van der Waals surface area contributed by atoms with Crippen LogP contribution in [0.1, 0.15) is 66.8 Å². The third-order valence-electron chi connectivity index (χ3n) is 7.51. The summed E-state index contributed by atoms with van der Waals surface area (Å²) in [6.07, 6.45) is 8.44. The number of carbonyl (C=O) groups is 2. The molecule has 2 aliphatic rings. The van der Waals surface area contributed by atoms with Gasteiger partial charge < -0.3 is 33.2 Å². The summed E-state index contributed by atoms with van der Waals surface area (Å²) in [5.74, 6) is -0.302. The molecule has 244 valence electrons. The van der Waals surface area contributed by atoms with Crippen molar-refractivity contribution < 1.29 is 42.7 Å². The van der Waals surface area contributed by atoms with Gasteiger partial charge in [-0.05, 0) is 75.5 Å². The van der Waals surface area contributed by atoms with Crippen LogP contribution in [0.3, 0.4) is 0 Å². The Kier molecular flexibility index (Phi) is 12.5. The maximum absolute atomic E-state index is 13.7. The number of hydrogen-bond donors (Lipinski definition) is 0. The quantitative estimate of drug-likeness (QED) is 0.121. The van der Waals surface area contributed by atoms with Gasteiger partial charge in [0, 0.05) is 19.1 Å². The third-order valence-corrected chi connectivity index (χ3v) is 8.20. The molecule has 45 heavy (non-hydrogen) atoms. The number of carbonyl (C=O) groups excluding carboxylic acids is 2. The van der Waals surface area contributed by atoms with E-state index in [9.17, 15) is 9.59 Å². The van der Waals surface area contributed by atoms with Crippen LogP contribution < -0.4 is 9.47 Å². The van der Waals surface area contributed by atoms with E-state index < -0.39 is 42.1 Å². The average Bonchev–Trinajstić information content (AvgIpc) is 3.33. The number of rotatable bonds is 10. The fraction of sp³-hybridized carbons (Fsp3) is 0.486. The van der Waals surface area contributed by atoms with Crippen molar-refractivity contribution in [1.29, 1.82) is 0 Å². The first kappa shape index (κ1) is 34.6. The molecule has 1 fully saturated rings. The predicted molar refractivity (Wildman–Crippen MR) is 174 cm³/mol. The summed E-state index contributed by atoms with van der Waals surface area (Å²) in [5, 5.41) is 0. The number of benzene rings is 2. The minimum atomic E-state index is -0.906. The summed E-state index contributed by atoms with van der Waals surface area (Å²) in [6.45, 7) is 7.89. The Morgan fingerprint density at radius 2 is 1.84 bits per heavy atom. The molecule has 4 rings (SSSR count). The van der Waals surface area contributed by atoms with Crippen molar-refractivity contribution in [3.63, 3.8) is 0 Å². The zero-order valence-corrected chi connectivity index (χ0v) is 27.7. The maximum atomic E-state index is 13.7. The third kappa shape index (κ3) is 9.59. The van der Waals surface area contributed by atoms with Crippen molar-refractivity contribution in [2.45, 2.75) is 70.7 Å². The van der Waals surface area contributed by atoms with Crippen LogP contribution in [-0.4, -0.2) is 74.7 Å². The summed E-state index contributed by atoms with van der Waals surface area (Å²) in [5.41, 5.74) is 1.28. The lowest BCUT2D eigenvalue weighted by Gasteiger charge is -2.25. The average molecular weight is 641 g/mol. The number of methoxy groups -OCH3 is 1. The summed E-state index contributed by atoms with van der Waals surface area (Å²) >= 11 is 1.75. The van der Waals surface area contributed by atoms with E-state index in [2.05, 4.69) is 6.26 Å². The first-order valence-electron chi connectivity index (χ1n) is 15.2. The number of hydrogen-bond acceptors (Lipinski definition) is 10. The maximum Gasteiger partial charge on any atom is 0.342 e. The fourth-order valence-electron chi connectivity index (χ4n) is 5.08. The van der Waals surface area contributed by atoms with Gasteiger partial charge in [0.05, 0.1) is 18.3 Å². The van der Waals surface area contributed by atoms with Crippen LogP contribution in [0.5, 0.6) is 11.5 Å². The number of esters is 2. The molecule has 0 N–H and O–H groups in total. The second-order valence-corrected chi connectivity index (χ2v) is 12.5. The lowest BCUT2D eigenvalue weighted by Crippen LogP contribution is -2.37. The molecule has 0 aliphatic carbocycles. The monoisotopic (exact) mass is 640 g/mol. The van der Waals surface area contributed by atoms with Gasteiger partial charge in [-0.15, -0.1) is 0 Å². The van der Waals surface area contributed by atoms with Crippen molar-refractivity contribution in [1.82, 2.24) is 0 Å². The van der Waals surface area contributed by atoms with E-state index in [-0.39, 0.29) is 18.3 Å². The van der Waals surface area contributed by atoms with Crippen LogP contribution in [0.15, 0.2) is 60.7 Å². The summed E-state index contributed by atoms with van der Waals surface area (Å²) in [4.78, 5) is 26.8. The number of ether oxygens (including phenoxy) is 7. The number of fused-ring (bicyclic) bond motifs is 2. The number of cyclic esters (lactones) is 1. The highest BCUT2D eigenvalue weighted by molar-refractivity contribution is 7.98. The van der Waals surface area contributed by atoms with Crippen LogP contribution in [0.4, 0.5) is 0 Å². The Morgan fingerprint density at radius 3 is 2.58 bits per heavy atom. The van der Waals surface area contributed by atoms with E-state index in [1.54, 1.807) is 48.2 Å². The van der Waals surface area contributed by atoms with Gasteiger partial charge in [0.1, 0.15) is 35.4 Å². The van der Waals surface area contributed by atoms with E-state index in [1.807, 2.05) is 58.1 Å².